The molecule has 0 fully saturated rings. The van der Waals surface area contributed by atoms with Gasteiger partial charge in [-0.05, 0) is 0 Å². The van der Waals surface area contributed by atoms with Crippen molar-refractivity contribution in [1.29, 1.82) is 0 Å². The molecule has 21 heavy (non-hydrogen) atoms. The van der Waals surface area contributed by atoms with Crippen molar-refractivity contribution in [3.8, 4) is 0 Å². The van der Waals surface area contributed by atoms with Crippen molar-refractivity contribution in [1.82, 2.24) is 0 Å². The van der Waals surface area contributed by atoms with E-state index in [1.165, 1.54) is 24.3 Å². The first-order chi connectivity index (χ1) is 9.70. The third kappa shape index (κ3) is 6.83. The molecule has 114 valence electrons. The van der Waals surface area contributed by atoms with Gasteiger partial charge in [0, 0.05) is 0 Å². The molecule has 0 aliphatic rings. The van der Waals surface area contributed by atoms with Crippen LogP contribution in [0.3, 0.4) is 0 Å². The molecular weight excluding hydrogens is 441 g/mol. The van der Waals surface area contributed by atoms with E-state index in [2.05, 4.69) is 0 Å². The van der Waals surface area contributed by atoms with E-state index in [0.29, 0.717) is 5.69 Å². The van der Waals surface area contributed by atoms with Crippen LogP contribution in [0.2, 0.25) is 0 Å². The molecule has 0 unspecified atom stereocenters. The molecule has 0 atom stereocenters. The molecule has 0 saturated heterocycles. The zero-order valence-electron chi connectivity index (χ0n) is 10.7. The van der Waals surface area contributed by atoms with E-state index in [-0.39, 0.29) is 4.35 Å². The first-order valence-electron chi connectivity index (χ1n) is 5.59. The molecule has 0 aliphatic carbocycles. The van der Waals surface area contributed by atoms with Crippen LogP contribution >= 0.6 is 19.9 Å². The molecule has 0 saturated carbocycles. The third-order valence-corrected chi connectivity index (χ3v) is 7.83. The van der Waals surface area contributed by atoms with Crippen LogP contribution in [0.1, 0.15) is 0 Å². The van der Waals surface area contributed by atoms with Crippen LogP contribution in [-0.4, -0.2) is 35.1 Å². The Morgan fingerprint density at radius 3 is 1.57 bits per heavy atom. The molecule has 0 bridgehead atoms. The maximum absolute atomic E-state index is 10.7. The standard InChI is InChI=1S/C6H6AsCl2N.C6H8AsNO3/c8-7(9)5-1-3-6(10)4-2-5;8-6-3-1-5(2-4-6)7(9,10)11/h1-4H,10H2;1-4H,8H2,(H2,9,10,11). The second-order valence-electron chi connectivity index (χ2n) is 3.96. The average Bonchev–Trinajstić information content (AvgIpc) is 2.39. The van der Waals surface area contributed by atoms with Crippen LogP contribution in [0, 0.1) is 0 Å². The molecule has 2 aromatic carbocycles. The van der Waals surface area contributed by atoms with Crippen molar-refractivity contribution in [2.24, 2.45) is 0 Å². The molecule has 9 heteroatoms. The molecule has 0 heterocycles. The number of hydrogen-bond acceptors (Lipinski definition) is 3. The van der Waals surface area contributed by atoms with Gasteiger partial charge >= 0.3 is 139 Å². The zero-order valence-corrected chi connectivity index (χ0v) is 16.0. The van der Waals surface area contributed by atoms with Gasteiger partial charge in [0.15, 0.2) is 0 Å². The first kappa shape index (κ1) is 18.5. The van der Waals surface area contributed by atoms with E-state index < -0.39 is 26.9 Å². The average molecular weight is 455 g/mol. The van der Waals surface area contributed by atoms with Crippen molar-refractivity contribution in [3.63, 3.8) is 0 Å². The van der Waals surface area contributed by atoms with E-state index >= 15 is 0 Å². The Bertz CT molecular complexity index is 615. The molecule has 0 aliphatic heterocycles. The number of hydrogen-bond donors (Lipinski definition) is 4. The summed E-state index contributed by atoms with van der Waals surface area (Å²) in [5.74, 6) is 0. The van der Waals surface area contributed by atoms with Crippen molar-refractivity contribution in [3.05, 3.63) is 48.5 Å². The Balaban J connectivity index is 0.000000211. The minimum absolute atomic E-state index is 0.0531. The van der Waals surface area contributed by atoms with E-state index in [1.54, 1.807) is 0 Å². The van der Waals surface area contributed by atoms with Gasteiger partial charge in [-0.3, -0.25) is 0 Å². The summed E-state index contributed by atoms with van der Waals surface area (Å²) < 4.78 is 29.2. The first-order valence-corrected chi connectivity index (χ1v) is 14.8. The Labute approximate surface area is 138 Å². The molecule has 6 N–H and O–H groups in total. The number of halogens is 2. The SMILES string of the molecule is Nc1ccc([As](=O)(O)O)cc1.Nc1ccc([As](Cl)Cl)cc1. The molecule has 0 spiro atoms. The van der Waals surface area contributed by atoms with Gasteiger partial charge in [-0.2, -0.15) is 0 Å². The van der Waals surface area contributed by atoms with E-state index in [0.717, 1.165) is 10.0 Å². The summed E-state index contributed by atoms with van der Waals surface area (Å²) in [4.78, 5) is 0. The zero-order chi connectivity index (χ0) is 16.0. The predicted octanol–water partition coefficient (Wildman–Crippen LogP) is 0.271. The van der Waals surface area contributed by atoms with Crippen LogP contribution in [0.5, 0.6) is 0 Å². The van der Waals surface area contributed by atoms with Gasteiger partial charge in [-0.15, -0.1) is 0 Å². The van der Waals surface area contributed by atoms with Crippen molar-refractivity contribution >= 4 is 66.9 Å². The van der Waals surface area contributed by atoms with Crippen molar-refractivity contribution < 1.29 is 11.9 Å². The number of anilines is 2. The number of nitrogen functional groups attached to an aromatic ring is 2. The van der Waals surface area contributed by atoms with E-state index in [4.69, 9.17) is 39.6 Å². The minimum atomic E-state index is -4.68. The summed E-state index contributed by atoms with van der Waals surface area (Å²) in [7, 11) is 11.5. The molecule has 0 amide bonds. The fraction of sp³-hybridized carbons (Fsp3) is 0. The van der Waals surface area contributed by atoms with Crippen LogP contribution < -0.4 is 20.2 Å². The maximum atomic E-state index is 10.7. The molecule has 0 radical (unpaired) electrons. The summed E-state index contributed by atoms with van der Waals surface area (Å²) in [5.41, 5.74) is 12.0. The molecule has 2 aromatic rings. The summed E-state index contributed by atoms with van der Waals surface area (Å²) in [6.45, 7) is 0. The van der Waals surface area contributed by atoms with Crippen LogP contribution in [-0.2, 0) is 3.74 Å². The number of rotatable bonds is 2. The molecule has 0 aromatic heterocycles. The fourth-order valence-electron chi connectivity index (χ4n) is 1.26. The molecule has 2 rings (SSSR count). The summed E-state index contributed by atoms with van der Waals surface area (Å²) >= 11 is -6.40. The van der Waals surface area contributed by atoms with Gasteiger partial charge < -0.3 is 0 Å². The Kier molecular flexibility index (Phi) is 7.21. The van der Waals surface area contributed by atoms with Crippen molar-refractivity contribution in [2.45, 2.75) is 0 Å². The monoisotopic (exact) mass is 454 g/mol. The normalized spacial score (nSPS) is 10.9. The van der Waals surface area contributed by atoms with Crippen molar-refractivity contribution in [2.75, 3.05) is 11.5 Å². The Morgan fingerprint density at radius 2 is 1.24 bits per heavy atom. The topological polar surface area (TPSA) is 110 Å². The van der Waals surface area contributed by atoms with Gasteiger partial charge in [0.1, 0.15) is 0 Å². The second kappa shape index (κ2) is 8.18. The summed E-state index contributed by atoms with van der Waals surface area (Å²) in [6, 6.07) is 13.0. The van der Waals surface area contributed by atoms with E-state index in [1.807, 2.05) is 24.3 Å². The van der Waals surface area contributed by atoms with Crippen LogP contribution in [0.4, 0.5) is 11.4 Å². The quantitative estimate of drug-likeness (QED) is 0.384. The second-order valence-corrected chi connectivity index (χ2v) is 13.8. The Hall–Kier alpha value is -0.543. The number of nitrogens with two attached hydrogens (primary N) is 2. The molecular formula is C12H14As2Cl2N2O3. The number of benzene rings is 2. The third-order valence-electron chi connectivity index (χ3n) is 2.32. The fourth-order valence-corrected chi connectivity index (χ4v) is 4.34. The Morgan fingerprint density at radius 1 is 0.857 bits per heavy atom. The predicted molar refractivity (Wildman–Crippen MR) is 89.3 cm³/mol. The van der Waals surface area contributed by atoms with Crippen LogP contribution in [0.25, 0.3) is 0 Å². The summed E-state index contributed by atoms with van der Waals surface area (Å²) in [6.07, 6.45) is 0. The van der Waals surface area contributed by atoms with Gasteiger partial charge in [0.25, 0.3) is 0 Å². The van der Waals surface area contributed by atoms with Gasteiger partial charge in [0.2, 0.25) is 0 Å². The van der Waals surface area contributed by atoms with Gasteiger partial charge in [-0.1, -0.05) is 0 Å². The van der Waals surface area contributed by atoms with E-state index in [9.17, 15) is 3.74 Å². The van der Waals surface area contributed by atoms with Gasteiger partial charge in [0.05, 0.1) is 0 Å². The van der Waals surface area contributed by atoms with Gasteiger partial charge in [-0.25, -0.2) is 0 Å². The van der Waals surface area contributed by atoms with Crippen LogP contribution in [0.15, 0.2) is 48.5 Å². The molecule has 5 nitrogen and oxygen atoms in total. The summed E-state index contributed by atoms with van der Waals surface area (Å²) in [5, 5.41) is 0.